The van der Waals surface area contributed by atoms with Crippen LogP contribution in [-0.2, 0) is 20.8 Å². The van der Waals surface area contributed by atoms with Gasteiger partial charge in [0.15, 0.2) is 0 Å². The molecule has 0 aliphatic carbocycles. The molecule has 0 unspecified atom stereocenters. The summed E-state index contributed by atoms with van der Waals surface area (Å²) in [5.41, 5.74) is 7.76. The van der Waals surface area contributed by atoms with Gasteiger partial charge in [-0.25, -0.2) is 4.98 Å². The van der Waals surface area contributed by atoms with Gasteiger partial charge in [0.1, 0.15) is 5.82 Å². The third kappa shape index (κ3) is 6.30. The minimum Gasteiger partial charge on any atom is -0.469 e. The molecule has 1 heterocycles. The lowest BCUT2D eigenvalue weighted by molar-refractivity contribution is 0.0574. The van der Waals surface area contributed by atoms with E-state index in [1.54, 1.807) is 19.4 Å². The zero-order chi connectivity index (χ0) is 17.0. The number of benzene rings is 1. The van der Waals surface area contributed by atoms with E-state index in [1.807, 2.05) is 30.3 Å². The van der Waals surface area contributed by atoms with Crippen molar-refractivity contribution in [1.29, 1.82) is 0 Å². The van der Waals surface area contributed by atoms with Gasteiger partial charge in [-0.2, -0.15) is 0 Å². The first kappa shape index (κ1) is 17.8. The third-order valence-corrected chi connectivity index (χ3v) is 3.38. The minimum atomic E-state index is 0.430. The SMILES string of the molecule is CO/C(=C\c1cccnc1N)OCCCCOCc1ccccc1. The predicted molar refractivity (Wildman–Crippen MR) is 94.9 cm³/mol. The summed E-state index contributed by atoms with van der Waals surface area (Å²) in [6.07, 6.45) is 5.21. The number of rotatable bonds is 10. The molecule has 0 atom stereocenters. The quantitative estimate of drug-likeness (QED) is 0.533. The monoisotopic (exact) mass is 328 g/mol. The van der Waals surface area contributed by atoms with Crippen molar-refractivity contribution in [1.82, 2.24) is 4.98 Å². The van der Waals surface area contributed by atoms with Crippen LogP contribution >= 0.6 is 0 Å². The number of methoxy groups -OCH3 is 1. The third-order valence-electron chi connectivity index (χ3n) is 3.38. The Hall–Kier alpha value is -2.53. The molecule has 0 fully saturated rings. The molecule has 0 saturated heterocycles. The molecule has 5 nitrogen and oxygen atoms in total. The van der Waals surface area contributed by atoms with Crippen LogP contribution in [0.3, 0.4) is 0 Å². The Morgan fingerprint density at radius 2 is 1.88 bits per heavy atom. The van der Waals surface area contributed by atoms with Gasteiger partial charge in [0.25, 0.3) is 5.95 Å². The first-order valence-corrected chi connectivity index (χ1v) is 8.00. The van der Waals surface area contributed by atoms with Crippen molar-refractivity contribution in [3.63, 3.8) is 0 Å². The maximum atomic E-state index is 5.80. The number of pyridine rings is 1. The smallest absolute Gasteiger partial charge is 0.279 e. The van der Waals surface area contributed by atoms with Gasteiger partial charge >= 0.3 is 0 Å². The lowest BCUT2D eigenvalue weighted by Crippen LogP contribution is -2.01. The number of unbranched alkanes of at least 4 members (excludes halogenated alkanes) is 1. The first-order valence-electron chi connectivity index (χ1n) is 8.00. The van der Waals surface area contributed by atoms with Crippen LogP contribution < -0.4 is 5.73 Å². The van der Waals surface area contributed by atoms with Gasteiger partial charge in [-0.05, 0) is 30.5 Å². The number of nitrogens with two attached hydrogens (primary N) is 1. The van der Waals surface area contributed by atoms with Crippen LogP contribution in [-0.4, -0.2) is 25.3 Å². The van der Waals surface area contributed by atoms with E-state index in [-0.39, 0.29) is 0 Å². The molecule has 2 rings (SSSR count). The number of anilines is 1. The maximum absolute atomic E-state index is 5.80. The number of nitrogens with zero attached hydrogens (tertiary/aromatic N) is 1. The normalized spacial score (nSPS) is 11.3. The molecule has 0 aliphatic rings. The average molecular weight is 328 g/mol. The Morgan fingerprint density at radius 1 is 1.08 bits per heavy atom. The van der Waals surface area contributed by atoms with Crippen LogP contribution in [0.1, 0.15) is 24.0 Å². The lowest BCUT2D eigenvalue weighted by Gasteiger charge is -2.09. The van der Waals surface area contributed by atoms with E-state index in [4.69, 9.17) is 19.9 Å². The van der Waals surface area contributed by atoms with Crippen molar-refractivity contribution in [2.45, 2.75) is 19.4 Å². The minimum absolute atomic E-state index is 0.430. The van der Waals surface area contributed by atoms with Gasteiger partial charge in [0.05, 0.1) is 20.3 Å². The van der Waals surface area contributed by atoms with Crippen LogP contribution in [0.15, 0.2) is 54.6 Å². The zero-order valence-electron chi connectivity index (χ0n) is 14.0. The topological polar surface area (TPSA) is 66.6 Å². The van der Waals surface area contributed by atoms with Gasteiger partial charge in [0, 0.05) is 24.4 Å². The molecule has 0 radical (unpaired) electrons. The highest BCUT2D eigenvalue weighted by Gasteiger charge is 2.02. The van der Waals surface area contributed by atoms with Crippen molar-refractivity contribution in [3.05, 3.63) is 65.7 Å². The van der Waals surface area contributed by atoms with E-state index >= 15 is 0 Å². The molecule has 0 amide bonds. The van der Waals surface area contributed by atoms with Crippen LogP contribution in [0.25, 0.3) is 6.08 Å². The summed E-state index contributed by atoms with van der Waals surface area (Å²) < 4.78 is 16.5. The number of hydrogen-bond donors (Lipinski definition) is 1. The number of ether oxygens (including phenoxy) is 3. The van der Waals surface area contributed by atoms with E-state index in [9.17, 15) is 0 Å². The first-order chi connectivity index (χ1) is 11.8. The summed E-state index contributed by atoms with van der Waals surface area (Å²) >= 11 is 0. The van der Waals surface area contributed by atoms with Gasteiger partial charge in [-0.3, -0.25) is 0 Å². The molecule has 1 aromatic heterocycles. The second-order valence-corrected chi connectivity index (χ2v) is 5.24. The molecule has 1 aromatic carbocycles. The number of nitrogen functional groups attached to an aromatic ring is 1. The summed E-state index contributed by atoms with van der Waals surface area (Å²) in [5.74, 6) is 0.880. The van der Waals surface area contributed by atoms with Gasteiger partial charge in [-0.15, -0.1) is 0 Å². The Kier molecular flexibility index (Phi) is 7.63. The molecule has 24 heavy (non-hydrogen) atoms. The van der Waals surface area contributed by atoms with E-state index < -0.39 is 0 Å². The number of hydrogen-bond acceptors (Lipinski definition) is 5. The molecule has 128 valence electrons. The van der Waals surface area contributed by atoms with Gasteiger partial charge < -0.3 is 19.9 Å². The summed E-state index contributed by atoms with van der Waals surface area (Å²) in [4.78, 5) is 4.03. The zero-order valence-corrected chi connectivity index (χ0v) is 14.0. The van der Waals surface area contributed by atoms with Gasteiger partial charge in [-0.1, -0.05) is 30.3 Å². The number of aromatic nitrogens is 1. The summed E-state index contributed by atoms with van der Waals surface area (Å²) in [6.45, 7) is 1.92. The Labute approximate surface area is 143 Å². The molecule has 5 heteroatoms. The largest absolute Gasteiger partial charge is 0.469 e. The molecule has 0 spiro atoms. The van der Waals surface area contributed by atoms with Crippen LogP contribution in [0.5, 0.6) is 0 Å². The molecule has 2 aromatic rings. The standard InChI is InChI=1S/C19H24N2O3/c1-22-18(14-17-10-7-11-21-19(17)20)24-13-6-5-12-23-15-16-8-3-2-4-9-16/h2-4,7-11,14H,5-6,12-13,15H2,1H3,(H2,20,21)/b18-14+. The van der Waals surface area contributed by atoms with E-state index in [2.05, 4.69) is 17.1 Å². The van der Waals surface area contributed by atoms with E-state index in [0.717, 1.165) is 18.4 Å². The Balaban J connectivity index is 1.63. The van der Waals surface area contributed by atoms with Crippen molar-refractivity contribution < 1.29 is 14.2 Å². The fourth-order valence-electron chi connectivity index (χ4n) is 2.08. The summed E-state index contributed by atoms with van der Waals surface area (Å²) in [6, 6.07) is 13.8. The second kappa shape index (κ2) is 10.3. The van der Waals surface area contributed by atoms with E-state index in [1.165, 1.54) is 5.56 Å². The fraction of sp³-hybridized carbons (Fsp3) is 0.316. The van der Waals surface area contributed by atoms with Gasteiger partial charge in [0.2, 0.25) is 0 Å². The molecule has 0 saturated carbocycles. The summed E-state index contributed by atoms with van der Waals surface area (Å²) in [7, 11) is 1.57. The van der Waals surface area contributed by atoms with Crippen LogP contribution in [0.4, 0.5) is 5.82 Å². The lowest BCUT2D eigenvalue weighted by atomic mass is 10.2. The fourth-order valence-corrected chi connectivity index (χ4v) is 2.08. The van der Waals surface area contributed by atoms with Crippen molar-refractivity contribution in [2.24, 2.45) is 0 Å². The van der Waals surface area contributed by atoms with Crippen LogP contribution in [0.2, 0.25) is 0 Å². The highest BCUT2D eigenvalue weighted by molar-refractivity contribution is 5.60. The van der Waals surface area contributed by atoms with Crippen molar-refractivity contribution in [2.75, 3.05) is 26.1 Å². The maximum Gasteiger partial charge on any atom is 0.279 e. The Bertz CT molecular complexity index is 630. The molecular formula is C19H24N2O3. The highest BCUT2D eigenvalue weighted by Crippen LogP contribution is 2.13. The molecular weight excluding hydrogens is 304 g/mol. The summed E-state index contributed by atoms with van der Waals surface area (Å²) in [5, 5.41) is 0. The van der Waals surface area contributed by atoms with E-state index in [0.29, 0.717) is 31.6 Å². The molecule has 0 bridgehead atoms. The highest BCUT2D eigenvalue weighted by atomic mass is 16.7. The Morgan fingerprint density at radius 3 is 2.62 bits per heavy atom. The molecule has 0 aliphatic heterocycles. The average Bonchev–Trinajstić information content (AvgIpc) is 2.62. The van der Waals surface area contributed by atoms with Crippen LogP contribution in [0, 0.1) is 0 Å². The van der Waals surface area contributed by atoms with Crippen molar-refractivity contribution >= 4 is 11.9 Å². The second-order valence-electron chi connectivity index (χ2n) is 5.24. The molecule has 2 N–H and O–H groups in total. The van der Waals surface area contributed by atoms with Crippen molar-refractivity contribution in [3.8, 4) is 0 Å². The predicted octanol–water partition coefficient (Wildman–Crippen LogP) is 3.62.